The highest BCUT2D eigenvalue weighted by molar-refractivity contribution is 5.75. The van der Waals surface area contributed by atoms with Crippen molar-refractivity contribution in [3.05, 3.63) is 30.3 Å². The molecule has 1 aliphatic heterocycles. The third-order valence-electron chi connectivity index (χ3n) is 3.90. The zero-order chi connectivity index (χ0) is 17.2. The third-order valence-corrected chi connectivity index (χ3v) is 3.90. The summed E-state index contributed by atoms with van der Waals surface area (Å²) in [6, 6.07) is 9.97. The molecule has 0 radical (unpaired) electrons. The summed E-state index contributed by atoms with van der Waals surface area (Å²) in [5.74, 6) is 0. The number of para-hydroxylation sites is 1. The summed E-state index contributed by atoms with van der Waals surface area (Å²) in [4.78, 5) is 12.4. The van der Waals surface area contributed by atoms with Crippen molar-refractivity contribution in [2.75, 3.05) is 39.9 Å². The lowest BCUT2D eigenvalue weighted by Gasteiger charge is -2.29. The first-order valence-corrected chi connectivity index (χ1v) is 8.72. The zero-order valence-corrected chi connectivity index (χ0v) is 14.7. The number of β-amino-alcohol motifs (C(OH)–C–C–N with tert-alkyl or cyclic N) is 1. The quantitative estimate of drug-likeness (QED) is 0.471. The van der Waals surface area contributed by atoms with Crippen LogP contribution in [-0.4, -0.2) is 67.1 Å². The molecule has 1 fully saturated rings. The summed E-state index contributed by atoms with van der Waals surface area (Å²) in [7, 11) is 1.74. The number of hydrogen-bond donors (Lipinski definition) is 1. The number of benzene rings is 1. The molecular weight excluding hydrogens is 306 g/mol. The highest BCUT2D eigenvalue weighted by Crippen LogP contribution is 2.12. The Morgan fingerprint density at radius 2 is 1.96 bits per heavy atom. The normalized spacial score (nSPS) is 17.5. The van der Waals surface area contributed by atoms with E-state index in [1.807, 2.05) is 37.3 Å². The molecule has 24 heavy (non-hydrogen) atoms. The maximum atomic E-state index is 10.2. The molecule has 1 saturated heterocycles. The molecule has 134 valence electrons. The lowest BCUT2D eigenvalue weighted by Crippen LogP contribution is -2.40. The largest absolute Gasteiger partial charge is 0.464 e. The molecular formula is C18H29N3O3. The Balaban J connectivity index is 1.83. The molecule has 0 amide bonds. The monoisotopic (exact) mass is 335 g/mol. The first-order chi connectivity index (χ1) is 11.7. The highest BCUT2D eigenvalue weighted by atomic mass is 16.7. The maximum Gasteiger partial charge on any atom is 0.317 e. The molecule has 0 spiro atoms. The number of aliphatic imine (C=N–C) groups is 1. The van der Waals surface area contributed by atoms with E-state index in [0.717, 1.165) is 18.8 Å². The Kier molecular flexibility index (Phi) is 8.01. The molecule has 6 heteroatoms. The average Bonchev–Trinajstić information content (AvgIpc) is 2.61. The fraction of sp³-hybridized carbons (Fsp3) is 0.611. The van der Waals surface area contributed by atoms with Crippen LogP contribution < -0.4 is 0 Å². The minimum absolute atomic E-state index is 0.216. The Bertz CT molecular complexity index is 490. The number of ether oxygens (including phenoxy) is 1. The molecule has 0 saturated carbocycles. The molecule has 0 aromatic heterocycles. The molecule has 1 atom stereocenters. The summed E-state index contributed by atoms with van der Waals surface area (Å²) in [5, 5.41) is 11.7. The first-order valence-electron chi connectivity index (χ1n) is 8.72. The highest BCUT2D eigenvalue weighted by Gasteiger charge is 2.17. The Morgan fingerprint density at radius 1 is 1.25 bits per heavy atom. The summed E-state index contributed by atoms with van der Waals surface area (Å²) < 4.78 is 5.55. The molecule has 1 aromatic carbocycles. The van der Waals surface area contributed by atoms with E-state index >= 15 is 0 Å². The molecule has 6 nitrogen and oxygen atoms in total. The van der Waals surface area contributed by atoms with Crippen molar-refractivity contribution >= 4 is 11.7 Å². The van der Waals surface area contributed by atoms with E-state index in [1.165, 1.54) is 24.3 Å². The number of hydrogen-bond acceptors (Lipinski definition) is 5. The Morgan fingerprint density at radius 3 is 2.62 bits per heavy atom. The first kappa shape index (κ1) is 18.7. The van der Waals surface area contributed by atoms with Crippen LogP contribution in [0.4, 0.5) is 5.69 Å². The van der Waals surface area contributed by atoms with E-state index in [0.29, 0.717) is 19.2 Å². The van der Waals surface area contributed by atoms with Crippen molar-refractivity contribution in [2.24, 2.45) is 4.99 Å². The number of rotatable bonds is 7. The fourth-order valence-corrected chi connectivity index (χ4v) is 2.68. The van der Waals surface area contributed by atoms with Crippen LogP contribution >= 0.6 is 0 Å². The van der Waals surface area contributed by atoms with Crippen molar-refractivity contribution < 1.29 is 14.7 Å². The molecule has 0 bridgehead atoms. The van der Waals surface area contributed by atoms with Gasteiger partial charge in [-0.05, 0) is 45.0 Å². The van der Waals surface area contributed by atoms with Gasteiger partial charge in [-0.25, -0.2) is 5.06 Å². The molecule has 1 N–H and O–H groups in total. The Labute approximate surface area is 144 Å². The number of aliphatic hydroxyl groups is 1. The standard InChI is InChI=1S/C18H29N3O3/c1-3-23-18(19-16-10-6-4-7-11-16)20(2)24-15-17(22)14-21-12-8-5-9-13-21/h4,6-7,10-11,17,22H,3,5,8-9,12-15H2,1-2H3/b19-18-. The summed E-state index contributed by atoms with van der Waals surface area (Å²) >= 11 is 0. The van der Waals surface area contributed by atoms with E-state index in [-0.39, 0.29) is 6.61 Å². The van der Waals surface area contributed by atoms with Crippen LogP contribution in [0, 0.1) is 0 Å². The van der Waals surface area contributed by atoms with Crippen molar-refractivity contribution in [2.45, 2.75) is 32.3 Å². The van der Waals surface area contributed by atoms with Gasteiger partial charge in [-0.2, -0.15) is 4.99 Å². The van der Waals surface area contributed by atoms with Gasteiger partial charge in [0, 0.05) is 13.6 Å². The number of aliphatic hydroxyl groups excluding tert-OH is 1. The number of hydroxylamine groups is 2. The van der Waals surface area contributed by atoms with Gasteiger partial charge in [0.2, 0.25) is 0 Å². The fourth-order valence-electron chi connectivity index (χ4n) is 2.68. The van der Waals surface area contributed by atoms with Crippen LogP contribution in [0.2, 0.25) is 0 Å². The van der Waals surface area contributed by atoms with Crippen LogP contribution in [0.3, 0.4) is 0 Å². The van der Waals surface area contributed by atoms with E-state index in [1.54, 1.807) is 7.05 Å². The second-order valence-electron chi connectivity index (χ2n) is 5.97. The topological polar surface area (TPSA) is 57.5 Å². The molecule has 1 unspecified atom stereocenters. The van der Waals surface area contributed by atoms with Gasteiger partial charge in [0.1, 0.15) is 6.61 Å². The van der Waals surface area contributed by atoms with E-state index < -0.39 is 6.10 Å². The van der Waals surface area contributed by atoms with Crippen LogP contribution in [-0.2, 0) is 9.57 Å². The molecule has 2 rings (SSSR count). The minimum Gasteiger partial charge on any atom is -0.464 e. The maximum absolute atomic E-state index is 10.2. The smallest absolute Gasteiger partial charge is 0.317 e. The SMILES string of the molecule is CCO/C(=N\c1ccccc1)N(C)OCC(O)CN1CCCCC1. The van der Waals surface area contributed by atoms with E-state index in [2.05, 4.69) is 9.89 Å². The summed E-state index contributed by atoms with van der Waals surface area (Å²) in [5.41, 5.74) is 0.797. The van der Waals surface area contributed by atoms with Crippen LogP contribution in [0.1, 0.15) is 26.2 Å². The third kappa shape index (κ3) is 6.47. The van der Waals surface area contributed by atoms with Gasteiger partial charge in [0.15, 0.2) is 0 Å². The van der Waals surface area contributed by atoms with Gasteiger partial charge in [0.25, 0.3) is 0 Å². The van der Waals surface area contributed by atoms with Crippen molar-refractivity contribution in [3.63, 3.8) is 0 Å². The second kappa shape index (κ2) is 10.3. The lowest BCUT2D eigenvalue weighted by atomic mass is 10.1. The van der Waals surface area contributed by atoms with Crippen LogP contribution in [0.5, 0.6) is 0 Å². The van der Waals surface area contributed by atoms with E-state index in [9.17, 15) is 5.11 Å². The van der Waals surface area contributed by atoms with E-state index in [4.69, 9.17) is 9.57 Å². The minimum atomic E-state index is -0.523. The average molecular weight is 335 g/mol. The van der Waals surface area contributed by atoms with Crippen molar-refractivity contribution in [3.8, 4) is 0 Å². The van der Waals surface area contributed by atoms with Gasteiger partial charge in [-0.1, -0.05) is 24.6 Å². The molecule has 1 heterocycles. The molecule has 0 aliphatic carbocycles. The second-order valence-corrected chi connectivity index (χ2v) is 5.97. The predicted molar refractivity (Wildman–Crippen MR) is 95.2 cm³/mol. The zero-order valence-electron chi connectivity index (χ0n) is 14.7. The molecule has 1 aliphatic rings. The van der Waals surface area contributed by atoms with Gasteiger partial charge in [-0.3, -0.25) is 4.84 Å². The van der Waals surface area contributed by atoms with Crippen molar-refractivity contribution in [1.29, 1.82) is 0 Å². The van der Waals surface area contributed by atoms with Crippen LogP contribution in [0.15, 0.2) is 35.3 Å². The number of piperidine rings is 1. The van der Waals surface area contributed by atoms with Crippen LogP contribution in [0.25, 0.3) is 0 Å². The number of nitrogens with zero attached hydrogens (tertiary/aromatic N) is 3. The Hall–Kier alpha value is -1.63. The molecule has 1 aromatic rings. The lowest BCUT2D eigenvalue weighted by molar-refractivity contribution is -0.128. The summed E-state index contributed by atoms with van der Waals surface area (Å²) in [6.45, 7) is 5.38. The predicted octanol–water partition coefficient (Wildman–Crippen LogP) is 2.42. The van der Waals surface area contributed by atoms with Gasteiger partial charge < -0.3 is 14.7 Å². The van der Waals surface area contributed by atoms with Gasteiger partial charge in [-0.15, -0.1) is 0 Å². The summed E-state index contributed by atoms with van der Waals surface area (Å²) in [6.07, 6.45) is 3.20. The number of likely N-dealkylation sites (tertiary alicyclic amines) is 1. The van der Waals surface area contributed by atoms with Crippen molar-refractivity contribution in [1.82, 2.24) is 9.96 Å². The van der Waals surface area contributed by atoms with Gasteiger partial charge >= 0.3 is 6.02 Å². The number of amidine groups is 1. The van der Waals surface area contributed by atoms with Gasteiger partial charge in [0.05, 0.1) is 18.4 Å².